The van der Waals surface area contributed by atoms with Gasteiger partial charge in [0.15, 0.2) is 12.0 Å². The summed E-state index contributed by atoms with van der Waals surface area (Å²) in [6.07, 6.45) is 8.88. The molecule has 0 aliphatic rings. The Labute approximate surface area is 201 Å². The molecule has 0 spiro atoms. The molecule has 0 aromatic rings. The summed E-state index contributed by atoms with van der Waals surface area (Å²) in [4.78, 5) is 24.7. The third kappa shape index (κ3) is 11.8. The maximum atomic E-state index is 13.1. The Morgan fingerprint density at radius 2 is 0.971 bits per heavy atom. The van der Waals surface area contributed by atoms with E-state index < -0.39 is 36.1 Å². The fourth-order valence-corrected chi connectivity index (χ4v) is 3.71. The molecule has 202 valence electrons. The molecule has 0 heterocycles. The smallest absolute Gasteiger partial charge is 0.456 e. The van der Waals surface area contributed by atoms with Gasteiger partial charge in [-0.3, -0.25) is 9.59 Å². The highest BCUT2D eigenvalue weighted by atomic mass is 19.4. The van der Waals surface area contributed by atoms with Crippen molar-refractivity contribution in [2.75, 3.05) is 13.2 Å². The minimum atomic E-state index is -5.84. The minimum absolute atomic E-state index is 0.0599. The van der Waals surface area contributed by atoms with E-state index in [-0.39, 0.29) is 19.4 Å². The van der Waals surface area contributed by atoms with Gasteiger partial charge in [-0.25, -0.2) is 0 Å². The fourth-order valence-electron chi connectivity index (χ4n) is 3.71. The van der Waals surface area contributed by atoms with Gasteiger partial charge in [-0.15, -0.1) is 0 Å². The average molecular weight is 503 g/mol. The number of hydrogen-bond acceptors (Lipinski definition) is 4. The van der Waals surface area contributed by atoms with Crippen LogP contribution in [0.1, 0.15) is 117 Å². The van der Waals surface area contributed by atoms with Crippen LogP contribution in [0.4, 0.5) is 22.0 Å². The highest BCUT2D eigenvalue weighted by Crippen LogP contribution is 2.37. The normalized spacial score (nSPS) is 12.6. The Balaban J connectivity index is 4.17. The predicted octanol–water partition coefficient (Wildman–Crippen LogP) is 8.17. The molecule has 0 unspecified atom stereocenters. The molecule has 0 radical (unpaired) electrons. The number of ether oxygens (including phenoxy) is 2. The number of halogens is 5. The first-order valence-corrected chi connectivity index (χ1v) is 12.8. The van der Waals surface area contributed by atoms with Crippen LogP contribution in [0.25, 0.3) is 0 Å². The number of hydrogen-bond donors (Lipinski definition) is 0. The predicted molar refractivity (Wildman–Crippen MR) is 122 cm³/mol. The first-order chi connectivity index (χ1) is 16.0. The van der Waals surface area contributed by atoms with Gasteiger partial charge in [-0.1, -0.05) is 97.8 Å². The standard InChI is InChI=1S/C25H43F5O4/c1-4-7-8-9-10-11-12-13-14-15-16-17-18-19-33-21(31)23(5-2,6-3)22(32)34-20-24(26,27)25(28,29)30/h4-20H2,1-3H3. The lowest BCUT2D eigenvalue weighted by molar-refractivity contribution is -0.295. The summed E-state index contributed by atoms with van der Waals surface area (Å²) < 4.78 is 72.4. The van der Waals surface area contributed by atoms with E-state index >= 15 is 0 Å². The van der Waals surface area contributed by atoms with Gasteiger partial charge in [0.1, 0.15) is 0 Å². The van der Waals surface area contributed by atoms with Gasteiger partial charge in [0.2, 0.25) is 0 Å². The van der Waals surface area contributed by atoms with Gasteiger partial charge in [0.05, 0.1) is 6.61 Å². The molecule has 0 rings (SSSR count). The van der Waals surface area contributed by atoms with E-state index in [0.717, 1.165) is 25.7 Å². The lowest BCUT2D eigenvalue weighted by Crippen LogP contribution is -2.46. The highest BCUT2D eigenvalue weighted by Gasteiger charge is 2.59. The molecule has 0 amide bonds. The molecule has 0 saturated heterocycles. The summed E-state index contributed by atoms with van der Waals surface area (Å²) >= 11 is 0. The first kappa shape index (κ1) is 32.6. The number of unbranched alkanes of at least 4 members (excludes halogenated alkanes) is 12. The van der Waals surface area contributed by atoms with Crippen LogP contribution in [-0.2, 0) is 19.1 Å². The Morgan fingerprint density at radius 3 is 1.35 bits per heavy atom. The van der Waals surface area contributed by atoms with Gasteiger partial charge in [0, 0.05) is 0 Å². The molecule has 0 aliphatic heterocycles. The molecule has 0 saturated carbocycles. The summed E-state index contributed by atoms with van der Waals surface area (Å²) in [6, 6.07) is 0. The van der Waals surface area contributed by atoms with E-state index in [2.05, 4.69) is 11.7 Å². The van der Waals surface area contributed by atoms with Crippen LogP contribution in [0.15, 0.2) is 0 Å². The topological polar surface area (TPSA) is 52.6 Å². The summed E-state index contributed by atoms with van der Waals surface area (Å²) in [5, 5.41) is 0. The zero-order valence-electron chi connectivity index (χ0n) is 21.0. The van der Waals surface area contributed by atoms with Gasteiger partial charge >= 0.3 is 24.0 Å². The summed E-state index contributed by atoms with van der Waals surface area (Å²) in [5.41, 5.74) is -1.89. The monoisotopic (exact) mass is 502 g/mol. The highest BCUT2D eigenvalue weighted by molar-refractivity contribution is 6.00. The minimum Gasteiger partial charge on any atom is -0.465 e. The van der Waals surface area contributed by atoms with E-state index in [1.807, 2.05) is 0 Å². The molecule has 0 bridgehead atoms. The summed E-state index contributed by atoms with van der Waals surface area (Å²) in [5.74, 6) is -7.55. The molecule has 0 N–H and O–H groups in total. The van der Waals surface area contributed by atoms with E-state index in [1.54, 1.807) is 0 Å². The zero-order valence-corrected chi connectivity index (χ0v) is 21.0. The Kier molecular flexibility index (Phi) is 16.4. The second-order valence-corrected chi connectivity index (χ2v) is 8.95. The quantitative estimate of drug-likeness (QED) is 0.0729. The van der Waals surface area contributed by atoms with E-state index in [0.29, 0.717) is 6.42 Å². The lowest BCUT2D eigenvalue weighted by Gasteiger charge is -2.28. The second kappa shape index (κ2) is 17.1. The molecule has 0 aromatic heterocycles. The van der Waals surface area contributed by atoms with Crippen molar-refractivity contribution in [3.63, 3.8) is 0 Å². The summed E-state index contributed by atoms with van der Waals surface area (Å²) in [6.45, 7) is 3.02. The molecular formula is C25H43F5O4. The second-order valence-electron chi connectivity index (χ2n) is 8.95. The van der Waals surface area contributed by atoms with Gasteiger partial charge < -0.3 is 9.47 Å². The van der Waals surface area contributed by atoms with Crippen LogP contribution in [0.5, 0.6) is 0 Å². The Morgan fingerprint density at radius 1 is 0.588 bits per heavy atom. The van der Waals surface area contributed by atoms with Gasteiger partial charge in [-0.05, 0) is 19.3 Å². The third-order valence-corrected chi connectivity index (χ3v) is 6.27. The number of esters is 2. The SMILES string of the molecule is CCCCCCCCCCCCCCCOC(=O)C(CC)(CC)C(=O)OCC(F)(F)C(F)(F)F. The van der Waals surface area contributed by atoms with Crippen molar-refractivity contribution in [1.29, 1.82) is 0 Å². The summed E-state index contributed by atoms with van der Waals surface area (Å²) in [7, 11) is 0. The molecule has 4 nitrogen and oxygen atoms in total. The fraction of sp³-hybridized carbons (Fsp3) is 0.920. The van der Waals surface area contributed by atoms with Crippen molar-refractivity contribution in [3.8, 4) is 0 Å². The molecule has 0 fully saturated rings. The van der Waals surface area contributed by atoms with E-state index in [9.17, 15) is 31.5 Å². The first-order valence-electron chi connectivity index (χ1n) is 12.8. The van der Waals surface area contributed by atoms with E-state index in [4.69, 9.17) is 4.74 Å². The molecule has 9 heteroatoms. The van der Waals surface area contributed by atoms with Gasteiger partial charge in [-0.2, -0.15) is 22.0 Å². The maximum Gasteiger partial charge on any atom is 0.456 e. The molecule has 0 atom stereocenters. The molecule has 0 aromatic carbocycles. The number of carbonyl (C=O) groups is 2. The largest absolute Gasteiger partial charge is 0.465 e. The van der Waals surface area contributed by atoms with Crippen molar-refractivity contribution in [1.82, 2.24) is 0 Å². The van der Waals surface area contributed by atoms with Crippen LogP contribution >= 0.6 is 0 Å². The van der Waals surface area contributed by atoms with Crippen molar-refractivity contribution < 1.29 is 41.0 Å². The van der Waals surface area contributed by atoms with Crippen molar-refractivity contribution >= 4 is 11.9 Å². The number of rotatable bonds is 20. The van der Waals surface area contributed by atoms with Crippen LogP contribution in [0.3, 0.4) is 0 Å². The Hall–Kier alpha value is -1.41. The van der Waals surface area contributed by atoms with Crippen LogP contribution in [0, 0.1) is 5.41 Å². The molecule has 34 heavy (non-hydrogen) atoms. The van der Waals surface area contributed by atoms with Crippen molar-refractivity contribution in [2.45, 2.75) is 129 Å². The zero-order chi connectivity index (χ0) is 26.1. The van der Waals surface area contributed by atoms with Gasteiger partial charge in [0.25, 0.3) is 0 Å². The molecular weight excluding hydrogens is 459 g/mol. The van der Waals surface area contributed by atoms with Crippen LogP contribution in [-0.4, -0.2) is 37.3 Å². The van der Waals surface area contributed by atoms with E-state index in [1.165, 1.54) is 65.2 Å². The lowest BCUT2D eigenvalue weighted by atomic mass is 9.82. The third-order valence-electron chi connectivity index (χ3n) is 6.27. The van der Waals surface area contributed by atoms with Crippen LogP contribution in [0.2, 0.25) is 0 Å². The Bertz CT molecular complexity index is 560. The molecule has 0 aliphatic carbocycles. The maximum absolute atomic E-state index is 13.1. The van der Waals surface area contributed by atoms with Crippen molar-refractivity contribution in [2.24, 2.45) is 5.41 Å². The van der Waals surface area contributed by atoms with Crippen molar-refractivity contribution in [3.05, 3.63) is 0 Å². The van der Waals surface area contributed by atoms with Crippen LogP contribution < -0.4 is 0 Å². The average Bonchev–Trinajstić information content (AvgIpc) is 2.78. The number of alkyl halides is 5. The number of carbonyl (C=O) groups excluding carboxylic acids is 2.